The van der Waals surface area contributed by atoms with Gasteiger partial charge in [-0.15, -0.1) is 0 Å². The van der Waals surface area contributed by atoms with Gasteiger partial charge in [0.15, 0.2) is 23.5 Å². The Morgan fingerprint density at radius 1 is 1.07 bits per heavy atom. The number of esters is 2. The Labute approximate surface area is 227 Å². The molecule has 5 rings (SSSR count). The molecular weight excluding hydrogens is 524 g/mol. The van der Waals surface area contributed by atoms with Crippen LogP contribution in [0.5, 0.6) is 5.75 Å². The normalized spacial score (nSPS) is 23.3. The monoisotopic (exact) mass is 548 g/mol. The van der Waals surface area contributed by atoms with E-state index in [1.54, 1.807) is 0 Å². The smallest absolute Gasteiger partial charge is 0.303 e. The maximum absolute atomic E-state index is 13.8. The lowest BCUT2D eigenvalue weighted by Crippen LogP contribution is -2.50. The first-order valence-electron chi connectivity index (χ1n) is 12.6. The molecule has 2 aliphatic carbocycles. The Kier molecular flexibility index (Phi) is 7.09. The minimum absolute atomic E-state index is 0.00106. The number of aromatic nitrogens is 1. The van der Waals surface area contributed by atoms with Crippen LogP contribution in [0.2, 0.25) is 0 Å². The highest BCUT2D eigenvalue weighted by Gasteiger charge is 2.45. The molecule has 0 saturated carbocycles. The number of pyridine rings is 1. The predicted molar refractivity (Wildman–Crippen MR) is 134 cm³/mol. The summed E-state index contributed by atoms with van der Waals surface area (Å²) < 4.78 is 16.8. The van der Waals surface area contributed by atoms with Crippen LogP contribution in [0.4, 0.5) is 0 Å². The first-order chi connectivity index (χ1) is 19.1. The quantitative estimate of drug-likeness (QED) is 0.214. The Morgan fingerprint density at radius 2 is 1.82 bits per heavy atom. The number of hydrogen-bond donors (Lipinski definition) is 1. The number of phenolic OH excluding ortho intramolecular Hbond substituents is 1. The molecule has 1 aromatic carbocycles. The minimum Gasteiger partial charge on any atom is -0.507 e. The highest BCUT2D eigenvalue weighted by atomic mass is 16.6. The highest BCUT2D eigenvalue weighted by molar-refractivity contribution is 6.32. The number of carbonyl (C=O) groups is 5. The molecule has 0 unspecified atom stereocenters. The van der Waals surface area contributed by atoms with Crippen molar-refractivity contribution in [3.05, 3.63) is 67.8 Å². The van der Waals surface area contributed by atoms with Crippen molar-refractivity contribution in [1.82, 2.24) is 4.98 Å². The average Bonchev–Trinajstić information content (AvgIpc) is 2.90. The zero-order valence-corrected chi connectivity index (χ0v) is 21.6. The molecule has 206 valence electrons. The van der Waals surface area contributed by atoms with Gasteiger partial charge in [0.1, 0.15) is 18.0 Å². The molecule has 4 atom stereocenters. The van der Waals surface area contributed by atoms with Crippen molar-refractivity contribution < 1.29 is 43.3 Å². The van der Waals surface area contributed by atoms with E-state index in [0.29, 0.717) is 18.5 Å². The van der Waals surface area contributed by atoms with Crippen molar-refractivity contribution in [3.8, 4) is 5.75 Å². The fourth-order valence-electron chi connectivity index (χ4n) is 5.61. The van der Waals surface area contributed by atoms with E-state index in [2.05, 4.69) is 15.0 Å². The van der Waals surface area contributed by atoms with Gasteiger partial charge in [-0.05, 0) is 24.4 Å². The van der Waals surface area contributed by atoms with Crippen molar-refractivity contribution >= 4 is 29.3 Å². The second-order valence-electron chi connectivity index (χ2n) is 9.76. The van der Waals surface area contributed by atoms with Crippen LogP contribution >= 0.6 is 0 Å². The Morgan fingerprint density at radius 3 is 2.52 bits per heavy atom. The van der Waals surface area contributed by atoms with E-state index in [1.807, 2.05) is 0 Å². The number of phenols is 1. The van der Waals surface area contributed by atoms with Gasteiger partial charge in [-0.25, -0.2) is 0 Å². The van der Waals surface area contributed by atoms with Crippen LogP contribution in [0.3, 0.4) is 0 Å². The van der Waals surface area contributed by atoms with Gasteiger partial charge >= 0.3 is 11.9 Å². The van der Waals surface area contributed by atoms with E-state index in [9.17, 15) is 29.1 Å². The number of nitrogens with zero attached hydrogens (tertiary/aromatic N) is 4. The summed E-state index contributed by atoms with van der Waals surface area (Å²) in [7, 11) is 0. The second-order valence-corrected chi connectivity index (χ2v) is 9.76. The predicted octanol–water partition coefficient (Wildman–Crippen LogP) is 3.09. The number of fused-ring (bicyclic) bond motifs is 4. The summed E-state index contributed by atoms with van der Waals surface area (Å²) in [6.45, 7) is 2.05. The fourth-order valence-corrected chi connectivity index (χ4v) is 5.61. The second kappa shape index (κ2) is 10.5. The standard InChI is InChI=1S/C27H24N4O9/c1-11(32)38-19-8-18(40-20(10-30-31-28)27(19)39-12(2)33)13-6-7-14-22(25(13)36)26(37)21-15(24(14)35)9-29-16-4-3-5-17(34)23(16)21/h6-7,9,18-20,27,36H,3-5,8,10H2,1-2H3/t18-,19-,20-,27+/m1/s1. The van der Waals surface area contributed by atoms with Crippen LogP contribution in [-0.2, 0) is 30.2 Å². The number of ketones is 3. The third-order valence-electron chi connectivity index (χ3n) is 7.22. The van der Waals surface area contributed by atoms with Gasteiger partial charge in [0.25, 0.3) is 0 Å². The summed E-state index contributed by atoms with van der Waals surface area (Å²) in [6, 6.07) is 2.78. The molecule has 0 bridgehead atoms. The number of rotatable bonds is 5. The van der Waals surface area contributed by atoms with E-state index in [4.69, 9.17) is 19.7 Å². The van der Waals surface area contributed by atoms with Crippen LogP contribution < -0.4 is 0 Å². The van der Waals surface area contributed by atoms with Gasteiger partial charge in [0, 0.05) is 54.5 Å². The molecule has 13 nitrogen and oxygen atoms in total. The minimum atomic E-state index is -1.11. The van der Waals surface area contributed by atoms with Gasteiger partial charge in [-0.3, -0.25) is 29.0 Å². The highest BCUT2D eigenvalue weighted by Crippen LogP contribution is 2.43. The fraction of sp³-hybridized carbons (Fsp3) is 0.407. The van der Waals surface area contributed by atoms with Crippen molar-refractivity contribution in [3.63, 3.8) is 0 Å². The zero-order chi connectivity index (χ0) is 28.7. The third kappa shape index (κ3) is 4.59. The SMILES string of the molecule is CC(=O)O[C@H]1[C@H](OC(C)=O)C[C@H](c2ccc3c(c2O)C(=O)c2c(cnc4c2C(=O)CCC4)C3=O)O[C@@H]1CN=[N+]=[N-]. The van der Waals surface area contributed by atoms with Gasteiger partial charge in [0.05, 0.1) is 35.0 Å². The van der Waals surface area contributed by atoms with Crippen molar-refractivity contribution in [2.45, 2.75) is 63.9 Å². The summed E-state index contributed by atoms with van der Waals surface area (Å²) in [5, 5.41) is 14.9. The molecule has 0 radical (unpaired) electrons. The molecule has 1 N–H and O–H groups in total. The van der Waals surface area contributed by atoms with Crippen molar-refractivity contribution in [1.29, 1.82) is 0 Å². The van der Waals surface area contributed by atoms with Crippen LogP contribution in [0.25, 0.3) is 10.4 Å². The number of hydrogen-bond acceptors (Lipinski definition) is 11. The molecule has 3 aliphatic rings. The first kappa shape index (κ1) is 27.0. The molecular formula is C27H24N4O9. The number of ether oxygens (including phenoxy) is 3. The average molecular weight is 549 g/mol. The number of Topliss-reactive ketones (excluding diaryl/α,β-unsaturated/α-hetero) is 1. The molecule has 2 heterocycles. The molecule has 1 saturated heterocycles. The lowest BCUT2D eigenvalue weighted by atomic mass is 9.77. The van der Waals surface area contributed by atoms with Gasteiger partial charge in [0.2, 0.25) is 0 Å². The Bertz CT molecular complexity index is 1510. The van der Waals surface area contributed by atoms with Gasteiger partial charge in [-0.2, -0.15) is 0 Å². The maximum atomic E-state index is 13.8. The summed E-state index contributed by atoms with van der Waals surface area (Å²) in [5.74, 6) is -3.41. The largest absolute Gasteiger partial charge is 0.507 e. The van der Waals surface area contributed by atoms with Crippen LogP contribution in [-0.4, -0.2) is 64.2 Å². The summed E-state index contributed by atoms with van der Waals surface area (Å²) in [6.07, 6.45) is -1.74. The number of azide groups is 1. The Balaban J connectivity index is 1.58. The van der Waals surface area contributed by atoms with E-state index in [-0.39, 0.29) is 58.6 Å². The van der Waals surface area contributed by atoms with Gasteiger partial charge < -0.3 is 19.3 Å². The van der Waals surface area contributed by atoms with E-state index >= 15 is 0 Å². The van der Waals surface area contributed by atoms with E-state index < -0.39 is 53.7 Å². The lowest BCUT2D eigenvalue weighted by molar-refractivity contribution is -0.206. The Hall–Kier alpha value is -4.61. The third-order valence-corrected chi connectivity index (χ3v) is 7.22. The van der Waals surface area contributed by atoms with Crippen LogP contribution in [0.1, 0.15) is 92.7 Å². The number of aromatic hydroxyl groups is 1. The number of benzene rings is 1. The van der Waals surface area contributed by atoms with Crippen LogP contribution in [0.15, 0.2) is 23.4 Å². The summed E-state index contributed by atoms with van der Waals surface area (Å²) in [4.78, 5) is 70.5. The lowest BCUT2D eigenvalue weighted by Gasteiger charge is -2.40. The van der Waals surface area contributed by atoms with Crippen molar-refractivity contribution in [2.24, 2.45) is 5.11 Å². The number of carbonyl (C=O) groups excluding carboxylic acids is 5. The van der Waals surface area contributed by atoms with E-state index in [0.717, 1.165) is 6.92 Å². The molecule has 0 spiro atoms. The van der Waals surface area contributed by atoms with Gasteiger partial charge in [-0.1, -0.05) is 11.2 Å². The van der Waals surface area contributed by atoms with E-state index in [1.165, 1.54) is 25.3 Å². The van der Waals surface area contributed by atoms with Crippen LogP contribution in [0, 0.1) is 0 Å². The summed E-state index contributed by atoms with van der Waals surface area (Å²) >= 11 is 0. The molecule has 0 amide bonds. The first-order valence-corrected chi connectivity index (χ1v) is 12.6. The molecule has 1 aromatic heterocycles. The molecule has 40 heavy (non-hydrogen) atoms. The molecule has 1 aliphatic heterocycles. The molecule has 2 aromatic rings. The molecule has 1 fully saturated rings. The number of aryl methyl sites for hydroxylation is 1. The maximum Gasteiger partial charge on any atom is 0.303 e. The molecule has 13 heteroatoms. The summed E-state index contributed by atoms with van der Waals surface area (Å²) in [5.41, 5.74) is 9.09. The zero-order valence-electron chi connectivity index (χ0n) is 21.6. The van der Waals surface area contributed by atoms with Crippen molar-refractivity contribution in [2.75, 3.05) is 6.54 Å². The topological polar surface area (TPSA) is 195 Å².